The topological polar surface area (TPSA) is 127 Å². The summed E-state index contributed by atoms with van der Waals surface area (Å²) in [7, 11) is 0. The zero-order valence-corrected chi connectivity index (χ0v) is 19.4. The van der Waals surface area contributed by atoms with E-state index in [-0.39, 0.29) is 0 Å². The van der Waals surface area contributed by atoms with E-state index in [2.05, 4.69) is 6.92 Å². The predicted octanol–water partition coefficient (Wildman–Crippen LogP) is 2.74. The molecule has 1 rings (SSSR count). The quantitative estimate of drug-likeness (QED) is 0.170. The van der Waals surface area contributed by atoms with Gasteiger partial charge in [-0.1, -0.05) is 76.8 Å². The second-order valence-corrected chi connectivity index (χ2v) is 8.53. The molecule has 0 amide bonds. The van der Waals surface area contributed by atoms with Crippen LogP contribution in [-0.2, 0) is 11.2 Å². The first-order valence-electron chi connectivity index (χ1n) is 12.0. The van der Waals surface area contributed by atoms with Crippen LogP contribution >= 0.6 is 0 Å². The van der Waals surface area contributed by atoms with Crippen molar-refractivity contribution in [2.45, 2.75) is 102 Å². The Bertz CT molecular complexity index is 605. The number of unbranched alkanes of at least 4 members (excludes halogenated alkanes) is 9. The van der Waals surface area contributed by atoms with E-state index in [4.69, 9.17) is 9.84 Å². The maximum atomic E-state index is 12.1. The van der Waals surface area contributed by atoms with Crippen LogP contribution in [0.15, 0.2) is 24.3 Å². The molecule has 0 bridgehead atoms. The van der Waals surface area contributed by atoms with E-state index >= 15 is 0 Å². The lowest BCUT2D eigenvalue weighted by Crippen LogP contribution is -2.47. The molecule has 0 unspecified atom stereocenters. The Labute approximate surface area is 192 Å². The molecule has 0 aliphatic rings. The van der Waals surface area contributed by atoms with Gasteiger partial charge in [-0.05, 0) is 30.5 Å². The van der Waals surface area contributed by atoms with Crippen molar-refractivity contribution in [1.29, 1.82) is 0 Å². The van der Waals surface area contributed by atoms with Gasteiger partial charge in [0, 0.05) is 0 Å². The maximum absolute atomic E-state index is 12.1. The normalized spacial score (nSPS) is 15.2. The highest BCUT2D eigenvalue weighted by atomic mass is 16.5. The molecule has 0 saturated heterocycles. The van der Waals surface area contributed by atoms with Crippen molar-refractivity contribution in [3.8, 4) is 0 Å². The van der Waals surface area contributed by atoms with Crippen molar-refractivity contribution in [3.05, 3.63) is 35.4 Å². The molecule has 1 aromatic carbocycles. The summed E-state index contributed by atoms with van der Waals surface area (Å²) in [5, 5.41) is 47.2. The van der Waals surface area contributed by atoms with E-state index in [0.29, 0.717) is 5.56 Å². The Morgan fingerprint density at radius 2 is 1.28 bits per heavy atom. The van der Waals surface area contributed by atoms with Crippen LogP contribution in [-0.4, -0.2) is 69.1 Å². The summed E-state index contributed by atoms with van der Waals surface area (Å²) < 4.78 is 4.98. The first-order chi connectivity index (χ1) is 15.4. The minimum atomic E-state index is -1.76. The van der Waals surface area contributed by atoms with Gasteiger partial charge in [0.1, 0.15) is 31.0 Å². The Morgan fingerprint density at radius 1 is 0.781 bits per heavy atom. The van der Waals surface area contributed by atoms with Crippen molar-refractivity contribution in [2.24, 2.45) is 0 Å². The largest absolute Gasteiger partial charge is 0.459 e. The average Bonchev–Trinajstić information content (AvgIpc) is 2.82. The van der Waals surface area contributed by atoms with Crippen molar-refractivity contribution in [3.63, 3.8) is 0 Å². The van der Waals surface area contributed by atoms with Gasteiger partial charge in [0.2, 0.25) is 0 Å². The van der Waals surface area contributed by atoms with Crippen LogP contribution in [0.1, 0.15) is 87.1 Å². The number of aryl methyl sites for hydroxylation is 1. The lowest BCUT2D eigenvalue weighted by molar-refractivity contribution is -0.124. The molecule has 184 valence electrons. The number of hydrogen-bond acceptors (Lipinski definition) is 7. The number of aliphatic hydroxyl groups is 5. The summed E-state index contributed by atoms with van der Waals surface area (Å²) in [6, 6.07) is 7.11. The molecule has 4 atom stereocenters. The standard InChI is InChI=1S/C25H42O7/c1-2-3-4-5-6-7-8-9-10-11-12-19-13-15-20(16-14-19)25(31)32-18-22(28)24(30)23(29)21(27)17-26/h13-16,21-24,26-30H,2-12,17-18H2,1H3/t21-,22+,23+,24+/m0/s1. The van der Waals surface area contributed by atoms with E-state index < -0.39 is 43.6 Å². The number of carbonyl (C=O) groups is 1. The number of aliphatic hydroxyl groups excluding tert-OH is 5. The van der Waals surface area contributed by atoms with E-state index in [9.17, 15) is 25.2 Å². The smallest absolute Gasteiger partial charge is 0.338 e. The summed E-state index contributed by atoms with van der Waals surface area (Å²) in [4.78, 5) is 12.1. The van der Waals surface area contributed by atoms with Gasteiger partial charge in [-0.3, -0.25) is 0 Å². The molecule has 32 heavy (non-hydrogen) atoms. The van der Waals surface area contributed by atoms with Gasteiger partial charge < -0.3 is 30.3 Å². The Morgan fingerprint density at radius 3 is 1.81 bits per heavy atom. The Hall–Kier alpha value is -1.51. The third-order valence-corrected chi connectivity index (χ3v) is 5.72. The highest BCUT2D eigenvalue weighted by molar-refractivity contribution is 5.89. The van der Waals surface area contributed by atoms with Gasteiger partial charge in [-0.2, -0.15) is 0 Å². The highest BCUT2D eigenvalue weighted by Crippen LogP contribution is 2.14. The number of hydrogen-bond donors (Lipinski definition) is 5. The molecule has 0 fully saturated rings. The Kier molecular flexibility index (Phi) is 15.2. The van der Waals surface area contributed by atoms with Crippen LogP contribution < -0.4 is 0 Å². The van der Waals surface area contributed by atoms with Gasteiger partial charge in [-0.25, -0.2) is 4.79 Å². The maximum Gasteiger partial charge on any atom is 0.338 e. The van der Waals surface area contributed by atoms with Crippen LogP contribution in [0.4, 0.5) is 0 Å². The fraction of sp³-hybridized carbons (Fsp3) is 0.720. The molecular weight excluding hydrogens is 412 g/mol. The molecule has 0 spiro atoms. The lowest BCUT2D eigenvalue weighted by Gasteiger charge is -2.25. The summed E-state index contributed by atoms with van der Waals surface area (Å²) in [5.41, 5.74) is 1.48. The van der Waals surface area contributed by atoms with Crippen LogP contribution in [0.2, 0.25) is 0 Å². The van der Waals surface area contributed by atoms with E-state index in [0.717, 1.165) is 18.4 Å². The fourth-order valence-electron chi connectivity index (χ4n) is 3.53. The molecule has 7 heteroatoms. The van der Waals surface area contributed by atoms with Crippen molar-refractivity contribution in [2.75, 3.05) is 13.2 Å². The predicted molar refractivity (Wildman–Crippen MR) is 123 cm³/mol. The van der Waals surface area contributed by atoms with E-state index in [1.807, 2.05) is 12.1 Å². The molecule has 0 aliphatic heterocycles. The number of esters is 1. The van der Waals surface area contributed by atoms with Gasteiger partial charge in [-0.15, -0.1) is 0 Å². The van der Waals surface area contributed by atoms with Crippen molar-refractivity contribution < 1.29 is 35.1 Å². The molecular formula is C25H42O7. The number of benzene rings is 1. The summed E-state index contributed by atoms with van der Waals surface area (Å²) >= 11 is 0. The average molecular weight is 455 g/mol. The monoisotopic (exact) mass is 454 g/mol. The minimum Gasteiger partial charge on any atom is -0.459 e. The van der Waals surface area contributed by atoms with Crippen LogP contribution in [0.3, 0.4) is 0 Å². The third-order valence-electron chi connectivity index (χ3n) is 5.72. The van der Waals surface area contributed by atoms with Crippen LogP contribution in [0, 0.1) is 0 Å². The molecule has 0 aliphatic carbocycles. The van der Waals surface area contributed by atoms with Crippen molar-refractivity contribution >= 4 is 5.97 Å². The fourth-order valence-corrected chi connectivity index (χ4v) is 3.53. The molecule has 0 aromatic heterocycles. The third kappa shape index (κ3) is 11.4. The van der Waals surface area contributed by atoms with Gasteiger partial charge >= 0.3 is 5.97 Å². The molecule has 0 saturated carbocycles. The zero-order chi connectivity index (χ0) is 23.8. The molecule has 7 nitrogen and oxygen atoms in total. The molecule has 0 heterocycles. The zero-order valence-electron chi connectivity index (χ0n) is 19.4. The SMILES string of the molecule is CCCCCCCCCCCCc1ccc(C(=O)OC[C@@H](O)[C@@H](O)[C@H](O)[C@@H](O)CO)cc1. The first-order valence-corrected chi connectivity index (χ1v) is 12.0. The highest BCUT2D eigenvalue weighted by Gasteiger charge is 2.30. The lowest BCUT2D eigenvalue weighted by atomic mass is 10.0. The van der Waals surface area contributed by atoms with Crippen LogP contribution in [0.25, 0.3) is 0 Å². The first kappa shape index (κ1) is 28.5. The summed E-state index contributed by atoms with van der Waals surface area (Å²) in [6.07, 6.45) is 7.17. The molecule has 1 aromatic rings. The molecule has 0 radical (unpaired) electrons. The van der Waals surface area contributed by atoms with Gasteiger partial charge in [0.25, 0.3) is 0 Å². The van der Waals surface area contributed by atoms with Gasteiger partial charge in [0.15, 0.2) is 0 Å². The Balaban J connectivity index is 2.24. The van der Waals surface area contributed by atoms with Crippen LogP contribution in [0.5, 0.6) is 0 Å². The van der Waals surface area contributed by atoms with Gasteiger partial charge in [0.05, 0.1) is 12.2 Å². The summed E-state index contributed by atoms with van der Waals surface area (Å²) in [5.74, 6) is -0.654. The van der Waals surface area contributed by atoms with Crippen molar-refractivity contribution in [1.82, 2.24) is 0 Å². The number of ether oxygens (including phenoxy) is 1. The molecule has 5 N–H and O–H groups in total. The summed E-state index contributed by atoms with van der Waals surface area (Å²) in [6.45, 7) is 0.923. The van der Waals surface area contributed by atoms with E-state index in [1.54, 1.807) is 12.1 Å². The number of carbonyl (C=O) groups excluding carboxylic acids is 1. The second kappa shape index (κ2) is 17.0. The number of rotatable bonds is 18. The minimum absolute atomic E-state index is 0.328. The second-order valence-electron chi connectivity index (χ2n) is 8.53. The van der Waals surface area contributed by atoms with E-state index in [1.165, 1.54) is 57.8 Å².